The van der Waals surface area contributed by atoms with E-state index in [9.17, 15) is 19.5 Å². The lowest BCUT2D eigenvalue weighted by Gasteiger charge is -2.36. The second-order valence-corrected chi connectivity index (χ2v) is 31.9. The van der Waals surface area contributed by atoms with Crippen molar-refractivity contribution in [2.45, 2.75) is 148 Å². The van der Waals surface area contributed by atoms with Crippen molar-refractivity contribution in [3.05, 3.63) is 130 Å². The minimum atomic E-state index is -1.98. The monoisotopic (exact) mass is 993 g/mol. The summed E-state index contributed by atoms with van der Waals surface area (Å²) in [6.07, 6.45) is 5.28. The summed E-state index contributed by atoms with van der Waals surface area (Å²) in [5.41, 5.74) is 6.73. The molecule has 12 heteroatoms. The van der Waals surface area contributed by atoms with Crippen molar-refractivity contribution in [2.75, 3.05) is 52.6 Å². The first kappa shape index (κ1) is 56.3. The molecule has 70 heavy (non-hydrogen) atoms. The maximum absolute atomic E-state index is 13.1. The molecular weight excluding hydrogens is 909 g/mol. The number of rotatable bonds is 18. The number of ketones is 1. The number of amides is 2. The zero-order valence-electron chi connectivity index (χ0n) is 44.6. The van der Waals surface area contributed by atoms with Crippen molar-refractivity contribution in [1.29, 1.82) is 0 Å². The van der Waals surface area contributed by atoms with E-state index in [2.05, 4.69) is 130 Å². The Morgan fingerprint density at radius 2 is 0.986 bits per heavy atom. The van der Waals surface area contributed by atoms with Crippen LogP contribution in [0, 0.1) is 0 Å². The van der Waals surface area contributed by atoms with E-state index in [1.807, 2.05) is 40.1 Å². The van der Waals surface area contributed by atoms with Crippen molar-refractivity contribution >= 4 is 34.2 Å². The van der Waals surface area contributed by atoms with E-state index in [4.69, 9.17) is 18.3 Å². The first-order valence-corrected chi connectivity index (χ1v) is 31.5. The van der Waals surface area contributed by atoms with Crippen molar-refractivity contribution in [3.8, 4) is 11.5 Å². The highest BCUT2D eigenvalue weighted by molar-refractivity contribution is 6.74. The maximum Gasteiger partial charge on any atom is 0.253 e. The predicted octanol–water partition coefficient (Wildman–Crippen LogP) is 12.3. The number of Topliss-reactive ketones (excluding diaryl/α,β-unsaturated/α-hetero) is 1. The summed E-state index contributed by atoms with van der Waals surface area (Å²) >= 11 is 0. The molecule has 0 aromatic heterocycles. The van der Waals surface area contributed by atoms with E-state index < -0.39 is 22.7 Å². The first-order chi connectivity index (χ1) is 33.0. The number of aliphatic hydroxyl groups excluding tert-OH is 1. The van der Waals surface area contributed by atoms with Crippen LogP contribution in [-0.2, 0) is 26.5 Å². The van der Waals surface area contributed by atoms with Gasteiger partial charge in [0.2, 0.25) is 0 Å². The highest BCUT2D eigenvalue weighted by Crippen LogP contribution is 2.38. The molecule has 2 amide bonds. The number of ether oxygens (including phenoxy) is 2. The predicted molar refractivity (Wildman–Crippen MR) is 289 cm³/mol. The normalized spacial score (nSPS) is 15.7. The fourth-order valence-corrected chi connectivity index (χ4v) is 10.2. The fraction of sp³-hybridized carbons (Fsp3) is 0.534. The third kappa shape index (κ3) is 16.2. The lowest BCUT2D eigenvalue weighted by atomic mass is 9.88. The van der Waals surface area contributed by atoms with E-state index in [1.165, 1.54) is 22.3 Å². The van der Waals surface area contributed by atoms with Gasteiger partial charge in [-0.1, -0.05) is 116 Å². The van der Waals surface area contributed by atoms with Gasteiger partial charge < -0.3 is 33.2 Å². The Balaban J connectivity index is 0.000000261. The van der Waals surface area contributed by atoms with Crippen LogP contribution in [0.5, 0.6) is 11.5 Å². The molecular formula is C58H84N2O8Si2. The van der Waals surface area contributed by atoms with Crippen LogP contribution in [0.3, 0.4) is 0 Å². The van der Waals surface area contributed by atoms with Gasteiger partial charge in [0.1, 0.15) is 30.8 Å². The standard InChI is InChI=1S/C29H43NO4Si.C29H41NO4Si/c2*1-7-22-10-8-11-24(18-22)23-14-16-30(17-15-23)28(32)25-12-9-13-27(19-25)33-20-26(31)21-34-35(5,6)29(2,3)4/h8-13,18-19,23,26,31H,7,14-17,20-21H2,1-6H3;8-13,18-19,23H,7,14-17,20-21H2,1-6H3. The summed E-state index contributed by atoms with van der Waals surface area (Å²) in [5, 5.41) is 10.5. The Labute approximate surface area is 422 Å². The largest absolute Gasteiger partial charge is 0.491 e. The Hall–Kier alpha value is -4.60. The van der Waals surface area contributed by atoms with Gasteiger partial charge in [0.25, 0.3) is 11.8 Å². The minimum absolute atomic E-state index is 0.0174. The number of carbonyl (C=O) groups is 3. The van der Waals surface area contributed by atoms with Gasteiger partial charge in [0.15, 0.2) is 22.4 Å². The average molecular weight is 993 g/mol. The first-order valence-electron chi connectivity index (χ1n) is 25.7. The molecule has 1 N–H and O–H groups in total. The zero-order chi connectivity index (χ0) is 51.3. The summed E-state index contributed by atoms with van der Waals surface area (Å²) in [5.74, 6) is 2.09. The molecule has 0 aliphatic carbocycles. The lowest BCUT2D eigenvalue weighted by Crippen LogP contribution is -2.43. The molecule has 4 aromatic carbocycles. The molecule has 0 saturated carbocycles. The number of hydrogen-bond donors (Lipinski definition) is 1. The third-order valence-electron chi connectivity index (χ3n) is 15.1. The highest BCUT2D eigenvalue weighted by atomic mass is 28.4. The smallest absolute Gasteiger partial charge is 0.253 e. The number of aliphatic hydroxyl groups is 1. The quantitative estimate of drug-likeness (QED) is 0.0981. The summed E-state index contributed by atoms with van der Waals surface area (Å²) < 4.78 is 23.6. The lowest BCUT2D eigenvalue weighted by molar-refractivity contribution is -0.123. The van der Waals surface area contributed by atoms with Crippen LogP contribution in [-0.4, -0.2) is 108 Å². The molecule has 1 unspecified atom stereocenters. The molecule has 2 fully saturated rings. The Morgan fingerprint density at radius 1 is 0.571 bits per heavy atom. The Bertz CT molecular complexity index is 2320. The van der Waals surface area contributed by atoms with Crippen LogP contribution in [0.1, 0.15) is 136 Å². The summed E-state index contributed by atoms with van der Waals surface area (Å²) in [6.45, 7) is 29.3. The molecule has 4 aromatic rings. The summed E-state index contributed by atoms with van der Waals surface area (Å²) in [7, 11) is -3.89. The molecule has 0 bridgehead atoms. The van der Waals surface area contributed by atoms with E-state index in [1.54, 1.807) is 18.2 Å². The molecule has 10 nitrogen and oxygen atoms in total. The average Bonchev–Trinajstić information content (AvgIpc) is 3.35. The fourth-order valence-electron chi connectivity index (χ4n) is 8.21. The molecule has 0 radical (unpaired) electrons. The van der Waals surface area contributed by atoms with Crippen molar-refractivity contribution in [2.24, 2.45) is 0 Å². The molecule has 382 valence electrons. The SMILES string of the molecule is CCc1cccc(C2CCN(C(=O)c3cccc(OCC(=O)CO[Si](C)(C)C(C)(C)C)c3)CC2)c1.CCc1cccc(C2CCN(C(=O)c3cccc(OCC(O)CO[Si](C)(C)C(C)(C)C)c3)CC2)c1. The molecule has 0 spiro atoms. The van der Waals surface area contributed by atoms with Crippen LogP contribution in [0.15, 0.2) is 97.1 Å². The molecule has 2 aliphatic rings. The van der Waals surface area contributed by atoms with Crippen LogP contribution in [0.2, 0.25) is 36.3 Å². The zero-order valence-corrected chi connectivity index (χ0v) is 46.6. The Morgan fingerprint density at radius 3 is 1.41 bits per heavy atom. The van der Waals surface area contributed by atoms with E-state index in [0.29, 0.717) is 34.5 Å². The van der Waals surface area contributed by atoms with Crippen molar-refractivity contribution in [3.63, 3.8) is 0 Å². The molecule has 2 aliphatic heterocycles. The molecule has 2 saturated heterocycles. The molecule has 6 rings (SSSR count). The number of likely N-dealkylation sites (tertiary alicyclic amines) is 2. The maximum atomic E-state index is 13.1. The second-order valence-electron chi connectivity index (χ2n) is 22.3. The van der Waals surface area contributed by atoms with Gasteiger partial charge in [-0.05, 0) is 145 Å². The number of aryl methyl sites for hydroxylation is 2. The number of carbonyl (C=O) groups excluding carboxylic acids is 3. The number of nitrogens with zero attached hydrogens (tertiary/aromatic N) is 2. The van der Waals surface area contributed by atoms with Gasteiger partial charge in [-0.2, -0.15) is 0 Å². The van der Waals surface area contributed by atoms with E-state index in [0.717, 1.165) is 64.7 Å². The van der Waals surface area contributed by atoms with Gasteiger partial charge in [-0.3, -0.25) is 14.4 Å². The minimum Gasteiger partial charge on any atom is -0.491 e. The van der Waals surface area contributed by atoms with Crippen LogP contribution >= 0.6 is 0 Å². The Kier molecular flexibility index (Phi) is 20.3. The summed E-state index contributed by atoms with van der Waals surface area (Å²) in [4.78, 5) is 42.5. The number of hydrogen-bond acceptors (Lipinski definition) is 8. The van der Waals surface area contributed by atoms with Gasteiger partial charge >= 0.3 is 0 Å². The topological polar surface area (TPSA) is 115 Å². The second kappa shape index (κ2) is 25.2. The van der Waals surface area contributed by atoms with Crippen molar-refractivity contribution in [1.82, 2.24) is 9.80 Å². The van der Waals surface area contributed by atoms with E-state index in [-0.39, 0.29) is 54.1 Å². The molecule has 2 heterocycles. The van der Waals surface area contributed by atoms with Crippen molar-refractivity contribution < 1.29 is 37.8 Å². The summed E-state index contributed by atoms with van der Waals surface area (Å²) in [6, 6.07) is 32.1. The highest BCUT2D eigenvalue weighted by Gasteiger charge is 2.38. The third-order valence-corrected chi connectivity index (χ3v) is 24.1. The van der Waals surface area contributed by atoms with Crippen LogP contribution in [0.4, 0.5) is 0 Å². The number of benzene rings is 4. The van der Waals surface area contributed by atoms with Gasteiger partial charge in [-0.25, -0.2) is 0 Å². The van der Waals surface area contributed by atoms with Gasteiger partial charge in [0, 0.05) is 37.3 Å². The molecule has 1 atom stereocenters. The van der Waals surface area contributed by atoms with E-state index >= 15 is 0 Å². The van der Waals surface area contributed by atoms with Crippen LogP contribution in [0.25, 0.3) is 0 Å². The van der Waals surface area contributed by atoms with Crippen LogP contribution < -0.4 is 9.47 Å². The van der Waals surface area contributed by atoms with Gasteiger partial charge in [0.05, 0.1) is 13.2 Å². The van der Waals surface area contributed by atoms with Gasteiger partial charge in [-0.15, -0.1) is 0 Å². The number of piperidine rings is 2.